The molecule has 1 unspecified atom stereocenters. The van der Waals surface area contributed by atoms with Crippen molar-refractivity contribution in [2.75, 3.05) is 5.75 Å². The van der Waals surface area contributed by atoms with Crippen molar-refractivity contribution in [2.24, 2.45) is 0 Å². The van der Waals surface area contributed by atoms with Crippen LogP contribution in [0.4, 0.5) is 0 Å². The average Bonchev–Trinajstić information content (AvgIpc) is 2.84. The number of aliphatic hydroxyl groups is 1. The second-order valence-corrected chi connectivity index (χ2v) is 5.87. The molecule has 0 saturated carbocycles. The molecule has 0 aliphatic heterocycles. The van der Waals surface area contributed by atoms with E-state index in [1.54, 1.807) is 18.0 Å². The van der Waals surface area contributed by atoms with E-state index in [1.807, 2.05) is 24.3 Å². The third-order valence-electron chi connectivity index (χ3n) is 3.68. The highest BCUT2D eigenvalue weighted by atomic mass is 32.2. The molecule has 1 atom stereocenters. The number of aryl methyl sites for hydroxylation is 1. The monoisotopic (exact) mass is 284 g/mol. The molecule has 0 fully saturated rings. The van der Waals surface area contributed by atoms with Crippen LogP contribution in [0.15, 0.2) is 54.5 Å². The Hall–Kier alpha value is -1.65. The zero-order chi connectivity index (χ0) is 14.0. The summed E-state index contributed by atoms with van der Waals surface area (Å²) in [5, 5.41) is 12.0. The van der Waals surface area contributed by atoms with Crippen LogP contribution in [0.25, 0.3) is 0 Å². The summed E-state index contributed by atoms with van der Waals surface area (Å²) in [5.74, 6) is 0.766. The Labute approximate surface area is 122 Å². The first-order chi connectivity index (χ1) is 9.75. The summed E-state index contributed by atoms with van der Waals surface area (Å²) in [6.07, 6.45) is 6.66. The van der Waals surface area contributed by atoms with E-state index in [-0.39, 0.29) is 0 Å². The second-order valence-electron chi connectivity index (χ2n) is 4.86. The van der Waals surface area contributed by atoms with Gasteiger partial charge in [-0.1, -0.05) is 30.3 Å². The smallest absolute Gasteiger partial charge is 0.119 e. The number of benzene rings is 1. The van der Waals surface area contributed by atoms with Crippen LogP contribution >= 0.6 is 11.8 Å². The third-order valence-corrected chi connectivity index (χ3v) is 4.68. The third kappa shape index (κ3) is 2.15. The normalized spacial score (nSPS) is 20.6. The zero-order valence-electron chi connectivity index (χ0n) is 11.1. The van der Waals surface area contributed by atoms with Gasteiger partial charge in [0.15, 0.2) is 0 Å². The first-order valence-electron chi connectivity index (χ1n) is 6.60. The van der Waals surface area contributed by atoms with Crippen molar-refractivity contribution >= 4 is 11.8 Å². The van der Waals surface area contributed by atoms with Crippen molar-refractivity contribution in [3.8, 4) is 0 Å². The lowest BCUT2D eigenvalue weighted by Crippen LogP contribution is -2.25. The minimum Gasteiger partial charge on any atom is -0.380 e. The van der Waals surface area contributed by atoms with Crippen molar-refractivity contribution in [2.45, 2.75) is 23.5 Å². The van der Waals surface area contributed by atoms with Crippen LogP contribution in [0.1, 0.15) is 23.1 Å². The maximum atomic E-state index is 11.2. The van der Waals surface area contributed by atoms with Gasteiger partial charge in [0.2, 0.25) is 0 Å². The number of aromatic nitrogens is 2. The summed E-state index contributed by atoms with van der Waals surface area (Å²) in [6.45, 7) is 3.73. The molecule has 1 aromatic heterocycles. The van der Waals surface area contributed by atoms with Gasteiger partial charge >= 0.3 is 0 Å². The number of nitrogens with zero attached hydrogens (tertiary/aromatic N) is 2. The van der Waals surface area contributed by atoms with E-state index in [0.29, 0.717) is 6.42 Å². The van der Waals surface area contributed by atoms with Gasteiger partial charge in [-0.25, -0.2) is 9.97 Å². The highest BCUT2D eigenvalue weighted by Crippen LogP contribution is 2.44. The predicted octanol–water partition coefficient (Wildman–Crippen LogP) is 2.94. The Morgan fingerprint density at radius 1 is 1.35 bits per heavy atom. The highest BCUT2D eigenvalue weighted by Gasteiger charge is 2.40. The molecule has 0 saturated heterocycles. The van der Waals surface area contributed by atoms with Crippen LogP contribution in [0, 0.1) is 0 Å². The molecule has 2 aromatic rings. The van der Waals surface area contributed by atoms with Gasteiger partial charge in [0.1, 0.15) is 17.0 Å². The number of hydrogen-bond acceptors (Lipinski definition) is 4. The van der Waals surface area contributed by atoms with Gasteiger partial charge in [0.25, 0.3) is 0 Å². The first kappa shape index (κ1) is 13.3. The molecule has 0 amide bonds. The molecule has 1 aliphatic rings. The molecule has 102 valence electrons. The first-order valence-corrected chi connectivity index (χ1v) is 7.59. The lowest BCUT2D eigenvalue weighted by atomic mass is 9.90. The molecule has 1 aromatic carbocycles. The molecule has 4 heteroatoms. The van der Waals surface area contributed by atoms with Crippen LogP contribution in [-0.2, 0) is 12.0 Å². The minimum atomic E-state index is -0.971. The summed E-state index contributed by atoms with van der Waals surface area (Å²) < 4.78 is 0. The fourth-order valence-corrected chi connectivity index (χ4v) is 3.50. The summed E-state index contributed by atoms with van der Waals surface area (Å²) in [7, 11) is 0. The van der Waals surface area contributed by atoms with Gasteiger partial charge in [0, 0.05) is 17.5 Å². The molecule has 0 bridgehead atoms. The SMILES string of the molecule is C=CCSc1ncncc1C1(O)CCc2ccccc21. The summed E-state index contributed by atoms with van der Waals surface area (Å²) in [6, 6.07) is 8.06. The highest BCUT2D eigenvalue weighted by molar-refractivity contribution is 7.99. The number of thioether (sulfide) groups is 1. The van der Waals surface area contributed by atoms with Crippen LogP contribution in [-0.4, -0.2) is 20.8 Å². The lowest BCUT2D eigenvalue weighted by molar-refractivity contribution is 0.0790. The molecule has 1 N–H and O–H groups in total. The topological polar surface area (TPSA) is 46.0 Å². The summed E-state index contributed by atoms with van der Waals surface area (Å²) >= 11 is 1.58. The number of fused-ring (bicyclic) bond motifs is 1. The Morgan fingerprint density at radius 2 is 2.20 bits per heavy atom. The molecular formula is C16H16N2OS. The lowest BCUT2D eigenvalue weighted by Gasteiger charge is -2.25. The fraction of sp³-hybridized carbons (Fsp3) is 0.250. The maximum absolute atomic E-state index is 11.2. The molecule has 3 nitrogen and oxygen atoms in total. The van der Waals surface area contributed by atoms with Crippen LogP contribution in [0.2, 0.25) is 0 Å². The van der Waals surface area contributed by atoms with Gasteiger partial charge in [-0.2, -0.15) is 0 Å². The average molecular weight is 284 g/mol. The van der Waals surface area contributed by atoms with E-state index in [1.165, 1.54) is 11.9 Å². The van der Waals surface area contributed by atoms with Gasteiger partial charge < -0.3 is 5.11 Å². The van der Waals surface area contributed by atoms with E-state index in [4.69, 9.17) is 0 Å². The quantitative estimate of drug-likeness (QED) is 0.533. The second kappa shape index (κ2) is 5.38. The molecule has 0 radical (unpaired) electrons. The number of hydrogen-bond donors (Lipinski definition) is 1. The van der Waals surface area contributed by atoms with Crippen molar-refractivity contribution in [3.05, 3.63) is 66.1 Å². The van der Waals surface area contributed by atoms with Gasteiger partial charge in [-0.15, -0.1) is 18.3 Å². The van der Waals surface area contributed by atoms with Gasteiger partial charge in [-0.3, -0.25) is 0 Å². The van der Waals surface area contributed by atoms with Crippen molar-refractivity contribution in [1.82, 2.24) is 9.97 Å². The van der Waals surface area contributed by atoms with Crippen LogP contribution in [0.3, 0.4) is 0 Å². The Kier molecular flexibility index (Phi) is 3.59. The minimum absolute atomic E-state index is 0.682. The van der Waals surface area contributed by atoms with Crippen LogP contribution < -0.4 is 0 Å². The van der Waals surface area contributed by atoms with Crippen molar-refractivity contribution in [3.63, 3.8) is 0 Å². The van der Waals surface area contributed by atoms with E-state index in [0.717, 1.165) is 28.3 Å². The Balaban J connectivity index is 2.07. The number of rotatable bonds is 4. The fourth-order valence-electron chi connectivity index (χ4n) is 2.73. The standard InChI is InChI=1S/C16H16N2OS/c1-2-9-20-15-14(10-17-11-18-15)16(19)8-7-12-5-3-4-6-13(12)16/h2-6,10-11,19H,1,7-9H2. The van der Waals surface area contributed by atoms with Crippen LogP contribution in [0.5, 0.6) is 0 Å². The van der Waals surface area contributed by atoms with Gasteiger partial charge in [0.05, 0.1) is 0 Å². The molecule has 20 heavy (non-hydrogen) atoms. The van der Waals surface area contributed by atoms with E-state index in [9.17, 15) is 5.11 Å². The Bertz CT molecular complexity index is 644. The molecule has 1 heterocycles. The molecule has 1 aliphatic carbocycles. The molecular weight excluding hydrogens is 268 g/mol. The largest absolute Gasteiger partial charge is 0.380 e. The van der Waals surface area contributed by atoms with E-state index >= 15 is 0 Å². The zero-order valence-corrected chi connectivity index (χ0v) is 11.9. The molecule has 0 spiro atoms. The molecule has 3 rings (SSSR count). The van der Waals surface area contributed by atoms with Gasteiger partial charge in [-0.05, 0) is 24.0 Å². The van der Waals surface area contributed by atoms with E-state index in [2.05, 4.69) is 22.6 Å². The predicted molar refractivity (Wildman–Crippen MR) is 80.7 cm³/mol. The summed E-state index contributed by atoms with van der Waals surface area (Å²) in [5.41, 5.74) is 2.02. The maximum Gasteiger partial charge on any atom is 0.119 e. The Morgan fingerprint density at radius 3 is 3.05 bits per heavy atom. The van der Waals surface area contributed by atoms with E-state index < -0.39 is 5.60 Å². The van der Waals surface area contributed by atoms with Crippen molar-refractivity contribution in [1.29, 1.82) is 0 Å². The summed E-state index contributed by atoms with van der Waals surface area (Å²) in [4.78, 5) is 8.43. The van der Waals surface area contributed by atoms with Crippen molar-refractivity contribution < 1.29 is 5.11 Å².